The van der Waals surface area contributed by atoms with Gasteiger partial charge in [-0.25, -0.2) is 0 Å². The lowest BCUT2D eigenvalue weighted by Crippen LogP contribution is -2.37. The topological polar surface area (TPSA) is 105 Å². The number of hydrogen-bond donors (Lipinski definition) is 0. The molecule has 0 bridgehead atoms. The number of methoxy groups -OCH3 is 4. The Balaban J connectivity index is 3.25. The molecule has 0 aromatic rings. The lowest BCUT2D eigenvalue weighted by atomic mass is 9.86. The van der Waals surface area contributed by atoms with Crippen LogP contribution in [0.15, 0.2) is 0 Å². The van der Waals surface area contributed by atoms with Crippen molar-refractivity contribution in [2.45, 2.75) is 6.42 Å². The molecule has 8 heteroatoms. The highest BCUT2D eigenvalue weighted by atomic mass is 16.5. The van der Waals surface area contributed by atoms with Gasteiger partial charge in [-0.1, -0.05) is 0 Å². The van der Waals surface area contributed by atoms with E-state index in [1.165, 1.54) is 0 Å². The van der Waals surface area contributed by atoms with Gasteiger partial charge in [0.25, 0.3) is 0 Å². The van der Waals surface area contributed by atoms with E-state index < -0.39 is 47.5 Å². The lowest BCUT2D eigenvalue weighted by Gasteiger charge is -2.21. The fourth-order valence-corrected chi connectivity index (χ4v) is 2.75. The highest BCUT2D eigenvalue weighted by Crippen LogP contribution is 2.44. The molecule has 21 heavy (non-hydrogen) atoms. The number of carbonyl (C=O) groups is 4. The first-order chi connectivity index (χ1) is 9.92. The Morgan fingerprint density at radius 2 is 0.905 bits per heavy atom. The smallest absolute Gasteiger partial charge is 0.310 e. The van der Waals surface area contributed by atoms with Gasteiger partial charge >= 0.3 is 23.9 Å². The van der Waals surface area contributed by atoms with E-state index in [1.54, 1.807) is 0 Å². The van der Waals surface area contributed by atoms with Crippen LogP contribution in [0.3, 0.4) is 0 Å². The number of rotatable bonds is 4. The van der Waals surface area contributed by atoms with Gasteiger partial charge in [-0.2, -0.15) is 0 Å². The Bertz CT molecular complexity index is 403. The van der Waals surface area contributed by atoms with Gasteiger partial charge in [0.15, 0.2) is 0 Å². The van der Waals surface area contributed by atoms with Crippen molar-refractivity contribution >= 4 is 23.9 Å². The molecule has 0 saturated heterocycles. The predicted octanol–water partition coefficient (Wildman–Crippen LogP) is -0.453. The summed E-state index contributed by atoms with van der Waals surface area (Å²) in [7, 11) is 4.59. The van der Waals surface area contributed by atoms with E-state index in [2.05, 4.69) is 18.9 Å². The van der Waals surface area contributed by atoms with Crippen molar-refractivity contribution in [3.8, 4) is 0 Å². The fourth-order valence-electron chi connectivity index (χ4n) is 2.75. The van der Waals surface area contributed by atoms with Crippen molar-refractivity contribution in [3.63, 3.8) is 0 Å². The molecule has 8 nitrogen and oxygen atoms in total. The van der Waals surface area contributed by atoms with Crippen LogP contribution in [0.4, 0.5) is 0 Å². The van der Waals surface area contributed by atoms with Crippen LogP contribution in [-0.4, -0.2) is 52.3 Å². The summed E-state index contributed by atoms with van der Waals surface area (Å²) in [4.78, 5) is 47.5. The summed E-state index contributed by atoms with van der Waals surface area (Å²) in [6.07, 6.45) is -0.0428. The Kier molecular flexibility index (Phi) is 5.69. The zero-order chi connectivity index (χ0) is 16.2. The Hall–Kier alpha value is -2.12. The third kappa shape index (κ3) is 3.14. The first-order valence-corrected chi connectivity index (χ1v) is 6.24. The van der Waals surface area contributed by atoms with E-state index in [4.69, 9.17) is 0 Å². The quantitative estimate of drug-likeness (QED) is 0.508. The highest BCUT2D eigenvalue weighted by molar-refractivity contribution is 5.92. The van der Waals surface area contributed by atoms with Crippen molar-refractivity contribution in [2.75, 3.05) is 28.4 Å². The molecule has 0 amide bonds. The normalized spacial score (nSPS) is 27.6. The van der Waals surface area contributed by atoms with Crippen LogP contribution in [0.5, 0.6) is 0 Å². The summed E-state index contributed by atoms with van der Waals surface area (Å²) >= 11 is 0. The summed E-state index contributed by atoms with van der Waals surface area (Å²) < 4.78 is 18.5. The number of carbonyl (C=O) groups excluding carboxylic acids is 4. The summed E-state index contributed by atoms with van der Waals surface area (Å²) in [6.45, 7) is 0. The first-order valence-electron chi connectivity index (χ1n) is 6.24. The van der Waals surface area contributed by atoms with Crippen molar-refractivity contribution in [3.05, 3.63) is 0 Å². The van der Waals surface area contributed by atoms with E-state index in [0.29, 0.717) is 0 Å². The van der Waals surface area contributed by atoms with Crippen LogP contribution >= 0.6 is 0 Å². The Labute approximate surface area is 121 Å². The zero-order valence-corrected chi connectivity index (χ0v) is 12.3. The second-order valence-electron chi connectivity index (χ2n) is 4.59. The van der Waals surface area contributed by atoms with Crippen molar-refractivity contribution in [1.82, 2.24) is 0 Å². The molecule has 0 heterocycles. The molecule has 0 N–H and O–H groups in total. The van der Waals surface area contributed by atoms with Gasteiger partial charge in [0.05, 0.1) is 52.1 Å². The fraction of sp³-hybridized carbons (Fsp3) is 0.692. The second-order valence-corrected chi connectivity index (χ2v) is 4.59. The minimum absolute atomic E-state index is 0.0428. The number of ether oxygens (including phenoxy) is 4. The SMILES string of the molecule is COC(=O)C1CC(C(=O)OC)C(C(=O)OC)C1C(=O)OC. The Morgan fingerprint density at radius 3 is 1.14 bits per heavy atom. The van der Waals surface area contributed by atoms with Crippen LogP contribution in [0.2, 0.25) is 0 Å². The standard InChI is InChI=1S/C13H18O8/c1-18-10(14)6-5-7(11(15)19-2)9(13(17)21-4)8(6)12(16)20-3/h6-9H,5H2,1-4H3. The highest BCUT2D eigenvalue weighted by Gasteiger charge is 2.57. The maximum absolute atomic E-state index is 11.9. The molecule has 118 valence electrons. The molecule has 0 aromatic carbocycles. The molecule has 0 aromatic heterocycles. The van der Waals surface area contributed by atoms with E-state index in [9.17, 15) is 19.2 Å². The molecule has 1 fully saturated rings. The molecule has 0 spiro atoms. The molecule has 0 aliphatic heterocycles. The van der Waals surface area contributed by atoms with Gasteiger partial charge in [-0.05, 0) is 6.42 Å². The van der Waals surface area contributed by atoms with Crippen LogP contribution in [0, 0.1) is 23.7 Å². The van der Waals surface area contributed by atoms with E-state index in [1.807, 2.05) is 0 Å². The first kappa shape index (κ1) is 16.9. The summed E-state index contributed by atoms with van der Waals surface area (Å²) in [5, 5.41) is 0. The molecule has 1 aliphatic rings. The van der Waals surface area contributed by atoms with Crippen LogP contribution < -0.4 is 0 Å². The molecule has 4 unspecified atom stereocenters. The summed E-state index contributed by atoms with van der Waals surface area (Å²) in [6, 6.07) is 0. The Morgan fingerprint density at radius 1 is 0.619 bits per heavy atom. The van der Waals surface area contributed by atoms with Crippen molar-refractivity contribution in [2.24, 2.45) is 23.7 Å². The van der Waals surface area contributed by atoms with Crippen LogP contribution in [-0.2, 0) is 38.1 Å². The van der Waals surface area contributed by atoms with Gasteiger partial charge in [0.1, 0.15) is 0 Å². The monoisotopic (exact) mass is 302 g/mol. The summed E-state index contributed by atoms with van der Waals surface area (Å²) in [5.41, 5.74) is 0. The van der Waals surface area contributed by atoms with Crippen molar-refractivity contribution in [1.29, 1.82) is 0 Å². The number of esters is 4. The summed E-state index contributed by atoms with van der Waals surface area (Å²) in [5.74, 6) is -7.12. The van der Waals surface area contributed by atoms with Gasteiger partial charge in [-0.3, -0.25) is 19.2 Å². The van der Waals surface area contributed by atoms with E-state index in [-0.39, 0.29) is 6.42 Å². The lowest BCUT2D eigenvalue weighted by molar-refractivity contribution is -0.164. The molecule has 0 radical (unpaired) electrons. The molecular weight excluding hydrogens is 284 g/mol. The van der Waals surface area contributed by atoms with Crippen LogP contribution in [0.25, 0.3) is 0 Å². The van der Waals surface area contributed by atoms with Crippen molar-refractivity contribution < 1.29 is 38.1 Å². The van der Waals surface area contributed by atoms with Gasteiger partial charge in [-0.15, -0.1) is 0 Å². The minimum atomic E-state index is -1.14. The van der Waals surface area contributed by atoms with E-state index >= 15 is 0 Å². The minimum Gasteiger partial charge on any atom is -0.469 e. The van der Waals surface area contributed by atoms with Gasteiger partial charge in [0, 0.05) is 0 Å². The average Bonchev–Trinajstić information content (AvgIpc) is 2.91. The number of hydrogen-bond acceptors (Lipinski definition) is 8. The maximum atomic E-state index is 11.9. The second kappa shape index (κ2) is 7.05. The van der Waals surface area contributed by atoms with E-state index in [0.717, 1.165) is 28.4 Å². The van der Waals surface area contributed by atoms with Crippen LogP contribution in [0.1, 0.15) is 6.42 Å². The molecule has 1 saturated carbocycles. The molecule has 1 aliphatic carbocycles. The predicted molar refractivity (Wildman–Crippen MR) is 66.6 cm³/mol. The largest absolute Gasteiger partial charge is 0.469 e. The van der Waals surface area contributed by atoms with Gasteiger partial charge < -0.3 is 18.9 Å². The third-order valence-corrected chi connectivity index (χ3v) is 3.72. The molecule has 1 rings (SSSR count). The maximum Gasteiger partial charge on any atom is 0.310 e. The molecular formula is C13H18O8. The van der Waals surface area contributed by atoms with Gasteiger partial charge in [0.2, 0.25) is 0 Å². The average molecular weight is 302 g/mol. The zero-order valence-electron chi connectivity index (χ0n) is 12.3. The molecule has 4 atom stereocenters. The third-order valence-electron chi connectivity index (χ3n) is 3.72.